The fourth-order valence-electron chi connectivity index (χ4n) is 7.36. The molecule has 4 rings (SSSR count). The van der Waals surface area contributed by atoms with Crippen LogP contribution in [0.1, 0.15) is 85.0 Å². The lowest BCUT2D eigenvalue weighted by Gasteiger charge is -2.49. The SMILES string of the molecule is C=C1CCC2C3CCC4CC(C)CCC4(C)CC3CCC12C. The number of hydrogen-bond acceptors (Lipinski definition) is 0. The lowest BCUT2D eigenvalue weighted by atomic mass is 9.56. The minimum atomic E-state index is 0.505. The summed E-state index contributed by atoms with van der Waals surface area (Å²) in [6, 6.07) is 0. The summed E-state index contributed by atoms with van der Waals surface area (Å²) < 4.78 is 0. The van der Waals surface area contributed by atoms with E-state index in [1.54, 1.807) is 12.0 Å². The minimum absolute atomic E-state index is 0.505. The van der Waals surface area contributed by atoms with E-state index in [-0.39, 0.29) is 0 Å². The standard InChI is InChI=1S/C22H36/c1-15-9-11-21(3)14-17-10-12-22(4)16(2)5-8-20(22)19(17)7-6-18(21)13-15/h15,17-20H,2,5-14H2,1,3-4H3. The van der Waals surface area contributed by atoms with Crippen molar-refractivity contribution in [3.63, 3.8) is 0 Å². The van der Waals surface area contributed by atoms with Crippen molar-refractivity contribution in [2.24, 2.45) is 40.4 Å². The highest BCUT2D eigenvalue weighted by molar-refractivity contribution is 5.20. The molecule has 0 heteroatoms. The summed E-state index contributed by atoms with van der Waals surface area (Å²) in [4.78, 5) is 0. The van der Waals surface area contributed by atoms with Gasteiger partial charge >= 0.3 is 0 Å². The zero-order chi connectivity index (χ0) is 15.5. The molecule has 0 aromatic heterocycles. The first-order valence-electron chi connectivity index (χ1n) is 10.1. The van der Waals surface area contributed by atoms with Gasteiger partial charge in [0.1, 0.15) is 0 Å². The minimum Gasteiger partial charge on any atom is -0.0993 e. The van der Waals surface area contributed by atoms with Gasteiger partial charge in [0.05, 0.1) is 0 Å². The van der Waals surface area contributed by atoms with E-state index in [2.05, 4.69) is 27.4 Å². The van der Waals surface area contributed by atoms with E-state index in [0.29, 0.717) is 10.8 Å². The van der Waals surface area contributed by atoms with E-state index in [1.807, 2.05) is 0 Å². The normalized spacial score (nSPS) is 55.0. The molecular formula is C22H36. The van der Waals surface area contributed by atoms with Gasteiger partial charge in [-0.2, -0.15) is 0 Å². The first-order chi connectivity index (χ1) is 10.4. The Morgan fingerprint density at radius 3 is 2.64 bits per heavy atom. The van der Waals surface area contributed by atoms with Crippen LogP contribution in [0.4, 0.5) is 0 Å². The van der Waals surface area contributed by atoms with Crippen molar-refractivity contribution in [3.05, 3.63) is 12.2 Å². The maximum Gasteiger partial charge on any atom is -0.00879 e. The van der Waals surface area contributed by atoms with E-state index >= 15 is 0 Å². The Balaban J connectivity index is 1.60. The number of hydrogen-bond donors (Lipinski definition) is 0. The van der Waals surface area contributed by atoms with Gasteiger partial charge < -0.3 is 0 Å². The third-order valence-corrected chi connectivity index (χ3v) is 9.00. The van der Waals surface area contributed by atoms with Crippen molar-refractivity contribution in [1.82, 2.24) is 0 Å². The molecule has 4 aliphatic carbocycles. The maximum atomic E-state index is 4.47. The lowest BCUT2D eigenvalue weighted by molar-refractivity contribution is 0.0259. The van der Waals surface area contributed by atoms with Crippen LogP contribution < -0.4 is 0 Å². The van der Waals surface area contributed by atoms with Crippen molar-refractivity contribution < 1.29 is 0 Å². The van der Waals surface area contributed by atoms with Crippen LogP contribution in [0.25, 0.3) is 0 Å². The fourth-order valence-corrected chi connectivity index (χ4v) is 7.36. The van der Waals surface area contributed by atoms with Crippen molar-refractivity contribution in [1.29, 1.82) is 0 Å². The first-order valence-corrected chi connectivity index (χ1v) is 10.1. The summed E-state index contributed by atoms with van der Waals surface area (Å²) in [5.41, 5.74) is 2.78. The van der Waals surface area contributed by atoms with E-state index in [0.717, 1.165) is 29.6 Å². The first kappa shape index (κ1) is 15.3. The Morgan fingerprint density at radius 1 is 1.00 bits per heavy atom. The molecule has 4 fully saturated rings. The molecule has 22 heavy (non-hydrogen) atoms. The number of allylic oxidation sites excluding steroid dienone is 1. The molecule has 7 unspecified atom stereocenters. The van der Waals surface area contributed by atoms with Crippen LogP contribution in [0.3, 0.4) is 0 Å². The Morgan fingerprint density at radius 2 is 1.82 bits per heavy atom. The van der Waals surface area contributed by atoms with Crippen molar-refractivity contribution in [3.8, 4) is 0 Å². The van der Waals surface area contributed by atoms with Gasteiger partial charge in [-0.15, -0.1) is 0 Å². The average Bonchev–Trinajstić information content (AvgIpc) is 2.69. The predicted molar refractivity (Wildman–Crippen MR) is 94.6 cm³/mol. The third kappa shape index (κ3) is 2.15. The second kappa shape index (κ2) is 5.12. The van der Waals surface area contributed by atoms with Crippen molar-refractivity contribution >= 4 is 0 Å². The second-order valence-corrected chi connectivity index (χ2v) is 10.1. The molecule has 0 spiro atoms. The molecule has 0 nitrogen and oxygen atoms in total. The molecule has 124 valence electrons. The summed E-state index contributed by atoms with van der Waals surface area (Å²) in [7, 11) is 0. The largest absolute Gasteiger partial charge is 0.0993 e. The predicted octanol–water partition coefficient (Wildman–Crippen LogP) is 6.61. The third-order valence-electron chi connectivity index (χ3n) is 9.00. The monoisotopic (exact) mass is 300 g/mol. The zero-order valence-corrected chi connectivity index (χ0v) is 15.2. The molecule has 0 heterocycles. The Hall–Kier alpha value is -0.260. The van der Waals surface area contributed by atoms with Crippen LogP contribution in [0, 0.1) is 40.4 Å². The quantitative estimate of drug-likeness (QED) is 0.441. The van der Waals surface area contributed by atoms with E-state index in [4.69, 9.17) is 0 Å². The second-order valence-electron chi connectivity index (χ2n) is 10.1. The molecule has 4 saturated carbocycles. The lowest BCUT2D eigenvalue weighted by Crippen LogP contribution is -2.40. The molecule has 0 amide bonds. The highest BCUT2D eigenvalue weighted by Gasteiger charge is 2.53. The van der Waals surface area contributed by atoms with Crippen molar-refractivity contribution in [2.45, 2.75) is 85.0 Å². The van der Waals surface area contributed by atoms with Crippen LogP contribution in [-0.4, -0.2) is 0 Å². The molecule has 7 atom stereocenters. The summed E-state index contributed by atoms with van der Waals surface area (Å²) >= 11 is 0. The number of rotatable bonds is 0. The Labute approximate surface area is 138 Å². The van der Waals surface area contributed by atoms with E-state index < -0.39 is 0 Å². The van der Waals surface area contributed by atoms with Crippen LogP contribution in [0.15, 0.2) is 12.2 Å². The topological polar surface area (TPSA) is 0 Å². The van der Waals surface area contributed by atoms with Gasteiger partial charge in [-0.05, 0) is 98.2 Å². The molecule has 0 radical (unpaired) electrons. The maximum absolute atomic E-state index is 4.47. The van der Waals surface area contributed by atoms with Crippen LogP contribution >= 0.6 is 0 Å². The number of fused-ring (bicyclic) bond motifs is 4. The van der Waals surface area contributed by atoms with E-state index in [9.17, 15) is 0 Å². The van der Waals surface area contributed by atoms with E-state index in [1.165, 1.54) is 57.8 Å². The fraction of sp³-hybridized carbons (Fsp3) is 0.909. The van der Waals surface area contributed by atoms with Gasteiger partial charge in [-0.3, -0.25) is 0 Å². The van der Waals surface area contributed by atoms with Crippen LogP contribution in [-0.2, 0) is 0 Å². The van der Waals surface area contributed by atoms with Gasteiger partial charge in [-0.25, -0.2) is 0 Å². The summed E-state index contributed by atoms with van der Waals surface area (Å²) in [6.45, 7) is 12.2. The Kier molecular flexibility index (Phi) is 3.55. The molecular weight excluding hydrogens is 264 g/mol. The van der Waals surface area contributed by atoms with Gasteiger partial charge in [0.15, 0.2) is 0 Å². The Bertz CT molecular complexity index is 463. The summed E-state index contributed by atoms with van der Waals surface area (Å²) in [5, 5.41) is 0. The highest BCUT2D eigenvalue weighted by atomic mass is 14.6. The molecule has 4 aliphatic rings. The summed E-state index contributed by atoms with van der Waals surface area (Å²) in [6.07, 6.45) is 14.8. The molecule has 0 N–H and O–H groups in total. The van der Waals surface area contributed by atoms with Crippen molar-refractivity contribution in [2.75, 3.05) is 0 Å². The summed E-state index contributed by atoms with van der Waals surface area (Å²) in [5.74, 6) is 5.04. The van der Waals surface area contributed by atoms with Gasteiger partial charge in [0.2, 0.25) is 0 Å². The molecule has 0 aromatic rings. The molecule has 0 aromatic carbocycles. The van der Waals surface area contributed by atoms with Gasteiger partial charge in [0.25, 0.3) is 0 Å². The molecule has 0 aliphatic heterocycles. The average molecular weight is 301 g/mol. The van der Waals surface area contributed by atoms with Crippen LogP contribution in [0.5, 0.6) is 0 Å². The zero-order valence-electron chi connectivity index (χ0n) is 15.2. The smallest absolute Gasteiger partial charge is 0.00879 e. The van der Waals surface area contributed by atoms with Gasteiger partial charge in [-0.1, -0.05) is 39.3 Å². The molecule has 0 saturated heterocycles. The van der Waals surface area contributed by atoms with Crippen LogP contribution in [0.2, 0.25) is 0 Å². The highest BCUT2D eigenvalue weighted by Crippen LogP contribution is 2.63. The molecule has 0 bridgehead atoms. The van der Waals surface area contributed by atoms with Gasteiger partial charge in [0, 0.05) is 0 Å².